The van der Waals surface area contributed by atoms with E-state index in [2.05, 4.69) is 5.32 Å². The van der Waals surface area contributed by atoms with Crippen LogP contribution in [0.25, 0.3) is 0 Å². The van der Waals surface area contributed by atoms with Crippen LogP contribution in [0.1, 0.15) is 36.5 Å². The molecule has 6 heteroatoms. The number of ether oxygens (including phenoxy) is 1. The van der Waals surface area contributed by atoms with Crippen LogP contribution in [0.5, 0.6) is 5.75 Å². The van der Waals surface area contributed by atoms with Crippen molar-refractivity contribution in [1.82, 2.24) is 4.90 Å². The van der Waals surface area contributed by atoms with Gasteiger partial charge in [0.1, 0.15) is 5.75 Å². The molecule has 1 heterocycles. The van der Waals surface area contributed by atoms with Gasteiger partial charge in [0.2, 0.25) is 5.91 Å². The Morgan fingerprint density at radius 2 is 1.71 bits per heavy atom. The molecule has 1 fully saturated rings. The van der Waals surface area contributed by atoms with Gasteiger partial charge in [0.05, 0.1) is 23.6 Å². The Morgan fingerprint density at radius 3 is 2.39 bits per heavy atom. The molecule has 2 amide bonds. The highest BCUT2D eigenvalue weighted by atomic mass is 32.2. The van der Waals surface area contributed by atoms with E-state index < -0.39 is 0 Å². The van der Waals surface area contributed by atoms with E-state index in [1.54, 1.807) is 19.2 Å². The number of benzene rings is 2. The van der Waals surface area contributed by atoms with Gasteiger partial charge in [0.15, 0.2) is 0 Å². The lowest BCUT2D eigenvalue weighted by Crippen LogP contribution is -2.36. The standard InChI is InChI=1S/C22H26N2O3S/c1-16(28-18-12-10-17(27-2)11-13-18)21(25)23-20-9-5-4-8-19(20)22(26)24-14-6-3-7-15-24/h4-5,8-13,16H,3,6-7,14-15H2,1-2H3,(H,23,25)/t16-/m0/s1. The van der Waals surface area contributed by atoms with Crippen molar-refractivity contribution in [1.29, 1.82) is 0 Å². The van der Waals surface area contributed by atoms with E-state index in [4.69, 9.17) is 4.74 Å². The van der Waals surface area contributed by atoms with Gasteiger partial charge < -0.3 is 15.0 Å². The van der Waals surface area contributed by atoms with Crippen LogP contribution in [-0.2, 0) is 4.79 Å². The van der Waals surface area contributed by atoms with Crippen LogP contribution in [0.3, 0.4) is 0 Å². The summed E-state index contributed by atoms with van der Waals surface area (Å²) in [5.74, 6) is 0.650. The summed E-state index contributed by atoms with van der Waals surface area (Å²) >= 11 is 1.47. The molecule has 1 N–H and O–H groups in total. The molecule has 2 aromatic carbocycles. The number of hydrogen-bond acceptors (Lipinski definition) is 4. The second-order valence-corrected chi connectivity index (χ2v) is 8.24. The zero-order chi connectivity index (χ0) is 19.9. The van der Waals surface area contributed by atoms with Crippen LogP contribution < -0.4 is 10.1 Å². The topological polar surface area (TPSA) is 58.6 Å². The Kier molecular flexibility index (Phi) is 6.98. The summed E-state index contributed by atoms with van der Waals surface area (Å²) in [5, 5.41) is 2.64. The number of rotatable bonds is 6. The average molecular weight is 399 g/mol. The number of para-hydroxylation sites is 1. The second-order valence-electron chi connectivity index (χ2n) is 6.82. The van der Waals surface area contributed by atoms with Gasteiger partial charge in [-0.3, -0.25) is 9.59 Å². The zero-order valence-corrected chi connectivity index (χ0v) is 17.1. The number of thioether (sulfide) groups is 1. The number of carbonyl (C=O) groups is 2. The number of hydrogen-bond donors (Lipinski definition) is 1. The number of amides is 2. The molecule has 0 unspecified atom stereocenters. The van der Waals surface area contributed by atoms with Crippen LogP contribution in [-0.4, -0.2) is 42.2 Å². The first kappa shape index (κ1) is 20.3. The predicted octanol–water partition coefficient (Wildman–Crippen LogP) is 4.44. The Bertz CT molecular complexity index is 817. The summed E-state index contributed by atoms with van der Waals surface area (Å²) in [6.07, 6.45) is 3.24. The number of likely N-dealkylation sites (tertiary alicyclic amines) is 1. The third-order valence-corrected chi connectivity index (χ3v) is 5.91. The van der Waals surface area contributed by atoms with E-state index in [-0.39, 0.29) is 17.1 Å². The highest BCUT2D eigenvalue weighted by Gasteiger charge is 2.22. The first-order valence-corrected chi connectivity index (χ1v) is 10.5. The van der Waals surface area contributed by atoms with Crippen molar-refractivity contribution < 1.29 is 14.3 Å². The van der Waals surface area contributed by atoms with E-state index in [1.807, 2.05) is 48.2 Å². The Labute approximate surface area is 170 Å². The van der Waals surface area contributed by atoms with Crippen LogP contribution in [0.2, 0.25) is 0 Å². The lowest BCUT2D eigenvalue weighted by Gasteiger charge is -2.27. The lowest BCUT2D eigenvalue weighted by atomic mass is 10.1. The molecule has 3 rings (SSSR count). The van der Waals surface area contributed by atoms with Gasteiger partial charge in [-0.2, -0.15) is 0 Å². The van der Waals surface area contributed by atoms with Crippen molar-refractivity contribution in [2.45, 2.75) is 36.3 Å². The molecule has 0 spiro atoms. The fourth-order valence-electron chi connectivity index (χ4n) is 3.19. The summed E-state index contributed by atoms with van der Waals surface area (Å²) in [6.45, 7) is 3.43. The van der Waals surface area contributed by atoms with Gasteiger partial charge in [-0.25, -0.2) is 0 Å². The summed E-state index contributed by atoms with van der Waals surface area (Å²) in [6, 6.07) is 14.9. The highest BCUT2D eigenvalue weighted by molar-refractivity contribution is 8.00. The SMILES string of the molecule is COc1ccc(S[C@@H](C)C(=O)Nc2ccccc2C(=O)N2CCCCC2)cc1. The van der Waals surface area contributed by atoms with Crippen LogP contribution in [0.15, 0.2) is 53.4 Å². The number of nitrogens with zero attached hydrogens (tertiary/aromatic N) is 1. The molecular weight excluding hydrogens is 372 g/mol. The molecule has 28 heavy (non-hydrogen) atoms. The summed E-state index contributed by atoms with van der Waals surface area (Å²) in [4.78, 5) is 28.5. The molecule has 1 aliphatic rings. The number of piperidine rings is 1. The molecule has 148 valence electrons. The lowest BCUT2D eigenvalue weighted by molar-refractivity contribution is -0.115. The van der Waals surface area contributed by atoms with E-state index in [1.165, 1.54) is 18.2 Å². The van der Waals surface area contributed by atoms with Gasteiger partial charge >= 0.3 is 0 Å². The van der Waals surface area contributed by atoms with Gasteiger partial charge in [-0.05, 0) is 62.6 Å². The number of nitrogens with one attached hydrogen (secondary N) is 1. The first-order chi connectivity index (χ1) is 13.6. The molecule has 0 radical (unpaired) electrons. The Morgan fingerprint density at radius 1 is 1.04 bits per heavy atom. The van der Waals surface area contributed by atoms with E-state index in [9.17, 15) is 9.59 Å². The maximum Gasteiger partial charge on any atom is 0.255 e. The van der Waals surface area contributed by atoms with E-state index in [0.29, 0.717) is 11.3 Å². The van der Waals surface area contributed by atoms with Gasteiger partial charge in [0, 0.05) is 18.0 Å². The Hall–Kier alpha value is -2.47. The van der Waals surface area contributed by atoms with Crippen molar-refractivity contribution in [3.8, 4) is 5.75 Å². The maximum atomic E-state index is 12.9. The van der Waals surface area contributed by atoms with Gasteiger partial charge in [-0.1, -0.05) is 12.1 Å². The molecule has 0 aliphatic carbocycles. The Balaban J connectivity index is 1.66. The van der Waals surface area contributed by atoms with Crippen molar-refractivity contribution in [3.05, 3.63) is 54.1 Å². The number of carbonyl (C=O) groups excluding carboxylic acids is 2. The molecular formula is C22H26N2O3S. The smallest absolute Gasteiger partial charge is 0.255 e. The zero-order valence-electron chi connectivity index (χ0n) is 16.3. The molecule has 0 aromatic heterocycles. The monoisotopic (exact) mass is 398 g/mol. The molecule has 0 bridgehead atoms. The van der Waals surface area contributed by atoms with Gasteiger partial charge in [0.25, 0.3) is 5.91 Å². The first-order valence-electron chi connectivity index (χ1n) is 9.58. The van der Waals surface area contributed by atoms with E-state index >= 15 is 0 Å². The quantitative estimate of drug-likeness (QED) is 0.731. The second kappa shape index (κ2) is 9.64. The van der Waals surface area contributed by atoms with Gasteiger partial charge in [-0.15, -0.1) is 11.8 Å². The minimum atomic E-state index is -0.300. The summed E-state index contributed by atoms with van der Waals surface area (Å²) < 4.78 is 5.16. The fourth-order valence-corrected chi connectivity index (χ4v) is 4.06. The predicted molar refractivity (Wildman–Crippen MR) is 113 cm³/mol. The molecule has 2 aromatic rings. The molecule has 5 nitrogen and oxygen atoms in total. The summed E-state index contributed by atoms with van der Waals surface area (Å²) in [5.41, 5.74) is 1.13. The minimum Gasteiger partial charge on any atom is -0.497 e. The normalized spacial score (nSPS) is 15.0. The largest absolute Gasteiger partial charge is 0.497 e. The third kappa shape index (κ3) is 5.07. The van der Waals surface area contributed by atoms with Crippen molar-refractivity contribution in [2.24, 2.45) is 0 Å². The molecule has 1 atom stereocenters. The fraction of sp³-hybridized carbons (Fsp3) is 0.364. The minimum absolute atomic E-state index is 0.00828. The third-order valence-electron chi connectivity index (χ3n) is 4.80. The molecule has 0 saturated carbocycles. The number of methoxy groups -OCH3 is 1. The van der Waals surface area contributed by atoms with Crippen molar-refractivity contribution in [3.63, 3.8) is 0 Å². The van der Waals surface area contributed by atoms with Crippen LogP contribution >= 0.6 is 11.8 Å². The van der Waals surface area contributed by atoms with Crippen molar-refractivity contribution >= 4 is 29.3 Å². The number of anilines is 1. The van der Waals surface area contributed by atoms with E-state index in [0.717, 1.165) is 36.6 Å². The molecule has 1 saturated heterocycles. The van der Waals surface area contributed by atoms with Crippen LogP contribution in [0, 0.1) is 0 Å². The average Bonchev–Trinajstić information content (AvgIpc) is 2.74. The summed E-state index contributed by atoms with van der Waals surface area (Å²) in [7, 11) is 1.63. The van der Waals surface area contributed by atoms with Crippen molar-refractivity contribution in [2.75, 3.05) is 25.5 Å². The van der Waals surface area contributed by atoms with Crippen LogP contribution in [0.4, 0.5) is 5.69 Å². The highest BCUT2D eigenvalue weighted by Crippen LogP contribution is 2.27. The maximum absolute atomic E-state index is 12.9. The molecule has 1 aliphatic heterocycles.